The van der Waals surface area contributed by atoms with Crippen molar-refractivity contribution >= 4 is 39.3 Å². The van der Waals surface area contributed by atoms with Crippen LogP contribution in [0.4, 0.5) is 0 Å². The second-order valence-corrected chi connectivity index (χ2v) is 7.75. The molecule has 3 aromatic carbocycles. The zero-order valence-electron chi connectivity index (χ0n) is 15.5. The summed E-state index contributed by atoms with van der Waals surface area (Å²) in [6.07, 6.45) is 2.68. The number of hydrogen-bond acceptors (Lipinski definition) is 2. The predicted octanol–water partition coefficient (Wildman–Crippen LogP) is 6.21. The molecule has 0 fully saturated rings. The molecule has 0 aliphatic carbocycles. The number of benzene rings is 3. The van der Waals surface area contributed by atoms with Gasteiger partial charge in [-0.15, -0.1) is 0 Å². The number of esters is 1. The van der Waals surface area contributed by atoms with Crippen molar-refractivity contribution in [2.45, 2.75) is 13.3 Å². The third-order valence-corrected chi connectivity index (χ3v) is 5.71. The largest absolute Gasteiger partial charge is 0.461 e. The van der Waals surface area contributed by atoms with Crippen LogP contribution in [-0.4, -0.2) is 17.6 Å². The molecule has 0 aliphatic rings. The van der Waals surface area contributed by atoms with E-state index in [0.717, 1.165) is 37.5 Å². The molecule has 28 heavy (non-hydrogen) atoms. The summed E-state index contributed by atoms with van der Waals surface area (Å²) in [5, 5.41) is 2.29. The predicted molar refractivity (Wildman–Crippen MR) is 122 cm³/mol. The van der Waals surface area contributed by atoms with Crippen LogP contribution in [0.3, 0.4) is 0 Å². The van der Waals surface area contributed by atoms with E-state index in [0.29, 0.717) is 12.3 Å². The molecule has 3 nitrogen and oxygen atoms in total. The van der Waals surface area contributed by atoms with Crippen molar-refractivity contribution in [2.75, 3.05) is 6.61 Å². The van der Waals surface area contributed by atoms with Crippen molar-refractivity contribution < 1.29 is 9.53 Å². The van der Waals surface area contributed by atoms with Gasteiger partial charge in [-0.3, -0.25) is 0 Å². The summed E-state index contributed by atoms with van der Waals surface area (Å²) in [5.74, 6) is -0.319. The van der Waals surface area contributed by atoms with Crippen molar-refractivity contribution in [1.82, 2.24) is 4.98 Å². The van der Waals surface area contributed by atoms with E-state index >= 15 is 0 Å². The van der Waals surface area contributed by atoms with Gasteiger partial charge in [0.05, 0.1) is 6.61 Å². The van der Waals surface area contributed by atoms with E-state index in [1.165, 1.54) is 5.56 Å². The molecule has 1 heterocycles. The van der Waals surface area contributed by atoms with Crippen molar-refractivity contribution in [3.8, 4) is 11.1 Å². The summed E-state index contributed by atoms with van der Waals surface area (Å²) < 4.78 is 6.44. The maximum absolute atomic E-state index is 12.7. The minimum atomic E-state index is -0.319. The average Bonchev–Trinajstić information content (AvgIpc) is 3.12. The van der Waals surface area contributed by atoms with Crippen LogP contribution in [0.25, 0.3) is 21.9 Å². The number of hydrogen-bond donors (Lipinski definition) is 1. The molecule has 0 bridgehead atoms. The molecule has 1 aromatic heterocycles. The number of halogens is 1. The number of aromatic nitrogens is 1. The highest BCUT2D eigenvalue weighted by Crippen LogP contribution is 2.38. The summed E-state index contributed by atoms with van der Waals surface area (Å²) in [5.41, 5.74) is 4.82. The molecular weight excluding hydrogens is 461 g/mol. The Balaban J connectivity index is 1.95. The van der Waals surface area contributed by atoms with Gasteiger partial charge >= 0.3 is 5.97 Å². The quantitative estimate of drug-likeness (QED) is 0.272. The fourth-order valence-corrected chi connectivity index (χ4v) is 4.31. The van der Waals surface area contributed by atoms with Gasteiger partial charge in [0.25, 0.3) is 0 Å². The van der Waals surface area contributed by atoms with Gasteiger partial charge in [-0.05, 0) is 63.9 Å². The van der Waals surface area contributed by atoms with E-state index in [1.807, 2.05) is 43.5 Å². The molecule has 0 atom stereocenters. The second kappa shape index (κ2) is 8.19. The minimum absolute atomic E-state index is 0.319. The molecule has 4 rings (SSSR count). The summed E-state index contributed by atoms with van der Waals surface area (Å²) >= 11 is 2.35. The van der Waals surface area contributed by atoms with Crippen LogP contribution in [0.2, 0.25) is 0 Å². The van der Waals surface area contributed by atoms with Crippen molar-refractivity contribution in [2.24, 2.45) is 0 Å². The van der Waals surface area contributed by atoms with Gasteiger partial charge in [-0.1, -0.05) is 60.7 Å². The third kappa shape index (κ3) is 3.56. The van der Waals surface area contributed by atoms with E-state index in [1.54, 1.807) is 0 Å². The number of rotatable bonds is 5. The Morgan fingerprint density at radius 2 is 1.71 bits per heavy atom. The van der Waals surface area contributed by atoms with Gasteiger partial charge in [0.2, 0.25) is 0 Å². The lowest BCUT2D eigenvalue weighted by Gasteiger charge is -2.13. The maximum atomic E-state index is 12.7. The van der Waals surface area contributed by atoms with E-state index < -0.39 is 0 Å². The highest BCUT2D eigenvalue weighted by Gasteiger charge is 2.23. The topological polar surface area (TPSA) is 42.1 Å². The van der Waals surface area contributed by atoms with Crippen LogP contribution in [0.15, 0.2) is 72.9 Å². The Morgan fingerprint density at radius 3 is 2.50 bits per heavy atom. The average molecular weight is 481 g/mol. The SMILES string of the molecule is CCOC(=O)c1[nH]cc(Cc2ccccc2)c1-c1c(I)ccc2ccccc12. The lowest BCUT2D eigenvalue weighted by molar-refractivity contribution is 0.0521. The molecule has 4 aromatic rings. The number of nitrogens with one attached hydrogen (secondary N) is 1. The van der Waals surface area contributed by atoms with E-state index in [-0.39, 0.29) is 5.97 Å². The summed E-state index contributed by atoms with van der Waals surface area (Å²) in [4.78, 5) is 15.9. The zero-order valence-corrected chi connectivity index (χ0v) is 17.7. The highest BCUT2D eigenvalue weighted by molar-refractivity contribution is 14.1. The Morgan fingerprint density at radius 1 is 0.964 bits per heavy atom. The van der Waals surface area contributed by atoms with Crippen molar-refractivity contribution in [1.29, 1.82) is 0 Å². The minimum Gasteiger partial charge on any atom is -0.461 e. The molecule has 0 unspecified atom stereocenters. The number of carbonyl (C=O) groups is 1. The van der Waals surface area contributed by atoms with Crippen LogP contribution >= 0.6 is 22.6 Å². The van der Waals surface area contributed by atoms with Gasteiger partial charge in [-0.25, -0.2) is 4.79 Å². The van der Waals surface area contributed by atoms with Gasteiger partial charge < -0.3 is 9.72 Å². The summed E-state index contributed by atoms with van der Waals surface area (Å²) in [6.45, 7) is 2.17. The van der Waals surface area contributed by atoms with E-state index in [4.69, 9.17) is 4.74 Å². The number of ether oxygens (including phenoxy) is 1. The Hall–Kier alpha value is -2.60. The first kappa shape index (κ1) is 18.7. The summed E-state index contributed by atoms with van der Waals surface area (Å²) in [7, 11) is 0. The molecule has 0 radical (unpaired) electrons. The smallest absolute Gasteiger partial charge is 0.355 e. The maximum Gasteiger partial charge on any atom is 0.355 e. The number of aromatic amines is 1. The fourth-order valence-electron chi connectivity index (χ4n) is 3.57. The zero-order chi connectivity index (χ0) is 19.5. The molecule has 0 saturated heterocycles. The molecule has 140 valence electrons. The molecule has 0 spiro atoms. The van der Waals surface area contributed by atoms with Crippen LogP contribution < -0.4 is 0 Å². The van der Waals surface area contributed by atoms with E-state index in [9.17, 15) is 4.79 Å². The van der Waals surface area contributed by atoms with Crippen LogP contribution in [0.5, 0.6) is 0 Å². The van der Waals surface area contributed by atoms with Crippen molar-refractivity contribution in [3.63, 3.8) is 0 Å². The van der Waals surface area contributed by atoms with Crippen LogP contribution in [-0.2, 0) is 11.2 Å². The van der Waals surface area contributed by atoms with Gasteiger partial charge in [0.1, 0.15) is 5.69 Å². The molecule has 0 saturated carbocycles. The molecule has 4 heteroatoms. The van der Waals surface area contributed by atoms with Gasteiger partial charge in [-0.2, -0.15) is 0 Å². The van der Waals surface area contributed by atoms with Gasteiger partial charge in [0.15, 0.2) is 0 Å². The van der Waals surface area contributed by atoms with Crippen molar-refractivity contribution in [3.05, 3.63) is 93.3 Å². The monoisotopic (exact) mass is 481 g/mol. The Labute approximate surface area is 177 Å². The normalized spacial score (nSPS) is 10.9. The molecule has 0 amide bonds. The van der Waals surface area contributed by atoms with Crippen LogP contribution in [0, 0.1) is 3.57 Å². The highest BCUT2D eigenvalue weighted by atomic mass is 127. The first-order chi connectivity index (χ1) is 13.7. The first-order valence-corrected chi connectivity index (χ1v) is 10.4. The number of H-pyrrole nitrogens is 1. The number of carbonyl (C=O) groups excluding carboxylic acids is 1. The lowest BCUT2D eigenvalue weighted by atomic mass is 9.93. The second-order valence-electron chi connectivity index (χ2n) is 6.59. The Bertz CT molecular complexity index is 1130. The third-order valence-electron chi connectivity index (χ3n) is 4.81. The van der Waals surface area contributed by atoms with E-state index in [2.05, 4.69) is 64.0 Å². The van der Waals surface area contributed by atoms with Gasteiger partial charge in [0, 0.05) is 20.9 Å². The fraction of sp³-hybridized carbons (Fsp3) is 0.125. The summed E-state index contributed by atoms with van der Waals surface area (Å²) in [6, 6.07) is 22.8. The first-order valence-electron chi connectivity index (χ1n) is 9.28. The Kier molecular flexibility index (Phi) is 5.48. The number of fused-ring (bicyclic) bond motifs is 1. The molecule has 1 N–H and O–H groups in total. The van der Waals surface area contributed by atoms with Crippen LogP contribution in [0.1, 0.15) is 28.5 Å². The molecular formula is C24H20INO2. The standard InChI is InChI=1S/C24H20INO2/c1-2-28-24(27)23-21(18(15-26-23)14-16-8-4-3-5-9-16)22-19-11-7-6-10-17(19)12-13-20(22)25/h3-13,15,26H,2,14H2,1H3. The molecule has 0 aliphatic heterocycles. The lowest BCUT2D eigenvalue weighted by Crippen LogP contribution is -2.07.